The number of methoxy groups -OCH3 is 1. The Morgan fingerprint density at radius 1 is 1.63 bits per heavy atom. The summed E-state index contributed by atoms with van der Waals surface area (Å²) < 4.78 is 18.2. The van der Waals surface area contributed by atoms with Crippen LogP contribution in [0, 0.1) is 5.82 Å². The fourth-order valence-corrected chi connectivity index (χ4v) is 1.52. The van der Waals surface area contributed by atoms with Gasteiger partial charge in [0.05, 0.1) is 7.11 Å². The fourth-order valence-electron chi connectivity index (χ4n) is 1.52. The van der Waals surface area contributed by atoms with Gasteiger partial charge >= 0.3 is 0 Å². The average Bonchev–Trinajstić information content (AvgIpc) is 2.38. The Labute approximate surface area is 110 Å². The first kappa shape index (κ1) is 14.7. The molecule has 6 nitrogen and oxygen atoms in total. The molecule has 1 unspecified atom stereocenters. The summed E-state index contributed by atoms with van der Waals surface area (Å²) in [6, 6.07) is 3.57. The summed E-state index contributed by atoms with van der Waals surface area (Å²) in [5, 5.41) is 13.8. The summed E-state index contributed by atoms with van der Waals surface area (Å²) in [6.45, 7) is 1.69. The SMILES string of the molecule is COc1ccc(C(=O)NC(C)CC(N)=NO)cc1F. The van der Waals surface area contributed by atoms with E-state index in [-0.39, 0.29) is 29.6 Å². The van der Waals surface area contributed by atoms with E-state index in [1.165, 1.54) is 19.2 Å². The second kappa shape index (κ2) is 6.58. The molecule has 7 heteroatoms. The van der Waals surface area contributed by atoms with Gasteiger partial charge in [-0.15, -0.1) is 0 Å². The maximum absolute atomic E-state index is 13.4. The highest BCUT2D eigenvalue weighted by Crippen LogP contribution is 2.17. The van der Waals surface area contributed by atoms with Crippen molar-refractivity contribution in [3.63, 3.8) is 0 Å². The molecular weight excluding hydrogens is 253 g/mol. The van der Waals surface area contributed by atoms with Gasteiger partial charge < -0.3 is 21.0 Å². The van der Waals surface area contributed by atoms with E-state index in [9.17, 15) is 9.18 Å². The van der Waals surface area contributed by atoms with Crippen molar-refractivity contribution in [1.29, 1.82) is 0 Å². The quantitative estimate of drug-likeness (QED) is 0.322. The summed E-state index contributed by atoms with van der Waals surface area (Å²) in [7, 11) is 1.34. The zero-order valence-electron chi connectivity index (χ0n) is 10.7. The predicted molar refractivity (Wildman–Crippen MR) is 67.9 cm³/mol. The largest absolute Gasteiger partial charge is 0.494 e. The molecule has 1 rings (SSSR count). The number of nitrogens with two attached hydrogens (primary N) is 1. The van der Waals surface area contributed by atoms with Gasteiger partial charge in [0.25, 0.3) is 5.91 Å². The van der Waals surface area contributed by atoms with Crippen molar-refractivity contribution >= 4 is 11.7 Å². The monoisotopic (exact) mass is 269 g/mol. The van der Waals surface area contributed by atoms with Gasteiger partial charge in [-0.3, -0.25) is 4.79 Å². The van der Waals surface area contributed by atoms with E-state index in [4.69, 9.17) is 15.7 Å². The minimum Gasteiger partial charge on any atom is -0.494 e. The average molecular weight is 269 g/mol. The molecule has 0 spiro atoms. The molecule has 1 atom stereocenters. The summed E-state index contributed by atoms with van der Waals surface area (Å²) in [5.74, 6) is -0.978. The second-order valence-electron chi connectivity index (χ2n) is 4.02. The molecule has 0 aliphatic heterocycles. The van der Waals surface area contributed by atoms with Crippen LogP contribution < -0.4 is 15.8 Å². The van der Waals surface area contributed by atoms with E-state index >= 15 is 0 Å². The van der Waals surface area contributed by atoms with Crippen LogP contribution >= 0.6 is 0 Å². The van der Waals surface area contributed by atoms with Crippen LogP contribution in [0.5, 0.6) is 5.75 Å². The van der Waals surface area contributed by atoms with Crippen LogP contribution in [0.25, 0.3) is 0 Å². The lowest BCUT2D eigenvalue weighted by Crippen LogP contribution is -2.35. The zero-order chi connectivity index (χ0) is 14.4. The third kappa shape index (κ3) is 4.13. The van der Waals surface area contributed by atoms with Gasteiger partial charge in [0.15, 0.2) is 11.6 Å². The van der Waals surface area contributed by atoms with Crippen LogP contribution in [0.3, 0.4) is 0 Å². The molecule has 0 saturated carbocycles. The molecule has 19 heavy (non-hydrogen) atoms. The van der Waals surface area contributed by atoms with E-state index in [0.717, 1.165) is 6.07 Å². The number of amidine groups is 1. The second-order valence-corrected chi connectivity index (χ2v) is 4.02. The lowest BCUT2D eigenvalue weighted by Gasteiger charge is -2.13. The Bertz CT molecular complexity index is 491. The topological polar surface area (TPSA) is 96.9 Å². The summed E-state index contributed by atoms with van der Waals surface area (Å²) in [4.78, 5) is 11.8. The number of nitrogens with one attached hydrogen (secondary N) is 1. The number of carbonyl (C=O) groups excluding carboxylic acids is 1. The van der Waals surface area contributed by atoms with E-state index in [2.05, 4.69) is 10.5 Å². The van der Waals surface area contributed by atoms with Crippen LogP contribution in [0.1, 0.15) is 23.7 Å². The molecule has 0 saturated heterocycles. The van der Waals surface area contributed by atoms with Crippen LogP contribution in [0.15, 0.2) is 23.4 Å². The van der Waals surface area contributed by atoms with Gasteiger partial charge in [0.2, 0.25) is 0 Å². The van der Waals surface area contributed by atoms with Gasteiger partial charge in [-0.05, 0) is 25.1 Å². The molecule has 0 aliphatic carbocycles. The first-order valence-electron chi connectivity index (χ1n) is 5.58. The van der Waals surface area contributed by atoms with Gasteiger partial charge in [-0.2, -0.15) is 0 Å². The number of hydrogen-bond acceptors (Lipinski definition) is 4. The Morgan fingerprint density at radius 2 is 2.32 bits per heavy atom. The van der Waals surface area contributed by atoms with Crippen molar-refractivity contribution < 1.29 is 19.1 Å². The standard InChI is InChI=1S/C12H16FN3O3/c1-7(5-11(14)16-18)15-12(17)8-3-4-10(19-2)9(13)6-8/h3-4,6-7,18H,5H2,1-2H3,(H2,14,16)(H,15,17). The maximum atomic E-state index is 13.4. The predicted octanol–water partition coefficient (Wildman–Crippen LogP) is 1.09. The fraction of sp³-hybridized carbons (Fsp3) is 0.333. The minimum atomic E-state index is -0.612. The molecule has 104 valence electrons. The van der Waals surface area contributed by atoms with Crippen LogP contribution in [0.2, 0.25) is 0 Å². The normalized spacial score (nSPS) is 12.9. The van der Waals surface area contributed by atoms with Gasteiger partial charge in [-0.25, -0.2) is 4.39 Å². The summed E-state index contributed by atoms with van der Waals surface area (Å²) >= 11 is 0. The van der Waals surface area contributed by atoms with E-state index in [0.29, 0.717) is 0 Å². The third-order valence-corrected chi connectivity index (χ3v) is 2.44. The molecule has 0 radical (unpaired) electrons. The molecule has 0 fully saturated rings. The number of nitrogens with zero attached hydrogens (tertiary/aromatic N) is 1. The van der Waals surface area contributed by atoms with Crippen LogP contribution in [0.4, 0.5) is 4.39 Å². The number of hydrogen-bond donors (Lipinski definition) is 3. The number of carbonyl (C=O) groups is 1. The summed E-state index contributed by atoms with van der Waals surface area (Å²) in [5.41, 5.74) is 5.49. The molecule has 4 N–H and O–H groups in total. The van der Waals surface area contributed by atoms with Crippen molar-refractivity contribution in [3.8, 4) is 5.75 Å². The van der Waals surface area contributed by atoms with E-state index < -0.39 is 11.7 Å². The Kier molecular flexibility index (Phi) is 5.11. The molecule has 0 aliphatic rings. The van der Waals surface area contributed by atoms with Crippen molar-refractivity contribution in [2.45, 2.75) is 19.4 Å². The number of benzene rings is 1. The Balaban J connectivity index is 2.70. The molecule has 0 bridgehead atoms. The lowest BCUT2D eigenvalue weighted by atomic mass is 10.1. The maximum Gasteiger partial charge on any atom is 0.251 e. The number of amides is 1. The van der Waals surface area contributed by atoms with Gasteiger partial charge in [0, 0.05) is 18.0 Å². The first-order valence-corrected chi connectivity index (χ1v) is 5.58. The van der Waals surface area contributed by atoms with E-state index in [1.54, 1.807) is 6.92 Å². The Morgan fingerprint density at radius 3 is 2.84 bits per heavy atom. The van der Waals surface area contributed by atoms with Crippen molar-refractivity contribution in [2.24, 2.45) is 10.9 Å². The molecule has 1 aromatic carbocycles. The highest BCUT2D eigenvalue weighted by molar-refractivity contribution is 5.95. The lowest BCUT2D eigenvalue weighted by molar-refractivity contribution is 0.0940. The third-order valence-electron chi connectivity index (χ3n) is 2.44. The molecule has 1 aromatic rings. The van der Waals surface area contributed by atoms with Crippen molar-refractivity contribution in [1.82, 2.24) is 5.32 Å². The number of rotatable bonds is 5. The first-order chi connectivity index (χ1) is 8.97. The molecule has 1 amide bonds. The highest BCUT2D eigenvalue weighted by Gasteiger charge is 2.13. The molecular formula is C12H16FN3O3. The number of ether oxygens (including phenoxy) is 1. The van der Waals surface area contributed by atoms with Crippen molar-refractivity contribution in [3.05, 3.63) is 29.6 Å². The number of halogens is 1. The smallest absolute Gasteiger partial charge is 0.251 e. The number of oxime groups is 1. The molecule has 0 heterocycles. The highest BCUT2D eigenvalue weighted by atomic mass is 19.1. The van der Waals surface area contributed by atoms with Crippen molar-refractivity contribution in [2.75, 3.05) is 7.11 Å². The van der Waals surface area contributed by atoms with Gasteiger partial charge in [-0.1, -0.05) is 5.16 Å². The Hall–Kier alpha value is -2.31. The minimum absolute atomic E-state index is 0.00807. The zero-order valence-corrected chi connectivity index (χ0v) is 10.7. The van der Waals surface area contributed by atoms with Crippen LogP contribution in [-0.2, 0) is 0 Å². The van der Waals surface area contributed by atoms with Gasteiger partial charge in [0.1, 0.15) is 5.84 Å². The van der Waals surface area contributed by atoms with E-state index in [1.807, 2.05) is 0 Å². The molecule has 0 aromatic heterocycles. The van der Waals surface area contributed by atoms with Crippen LogP contribution in [-0.4, -0.2) is 30.1 Å². The summed E-state index contributed by atoms with van der Waals surface area (Å²) in [6.07, 6.45) is 0.195.